The predicted molar refractivity (Wildman–Crippen MR) is 70.5 cm³/mol. The summed E-state index contributed by atoms with van der Waals surface area (Å²) >= 11 is 5.81. The zero-order chi connectivity index (χ0) is 12.3. The number of alkyl halides is 1. The Bertz CT molecular complexity index is 501. The molecule has 0 saturated heterocycles. The van der Waals surface area contributed by atoms with Gasteiger partial charge in [0.15, 0.2) is 5.65 Å². The second-order valence-corrected chi connectivity index (χ2v) is 4.42. The third-order valence-corrected chi connectivity index (χ3v) is 2.73. The SMILES string of the molecule is CC(C)N(CCCl)c1ccc2nccnc2n1. The topological polar surface area (TPSA) is 41.9 Å². The van der Waals surface area contributed by atoms with E-state index in [1.165, 1.54) is 0 Å². The van der Waals surface area contributed by atoms with Gasteiger partial charge < -0.3 is 4.90 Å². The van der Waals surface area contributed by atoms with Gasteiger partial charge >= 0.3 is 0 Å². The van der Waals surface area contributed by atoms with Crippen LogP contribution in [-0.2, 0) is 0 Å². The minimum atomic E-state index is 0.357. The van der Waals surface area contributed by atoms with Crippen LogP contribution in [0, 0.1) is 0 Å². The molecule has 0 aliphatic heterocycles. The van der Waals surface area contributed by atoms with Gasteiger partial charge in [-0.2, -0.15) is 0 Å². The van der Waals surface area contributed by atoms with Crippen LogP contribution in [-0.4, -0.2) is 33.4 Å². The van der Waals surface area contributed by atoms with Crippen LogP contribution in [0.25, 0.3) is 11.2 Å². The Kier molecular flexibility index (Phi) is 3.74. The first-order valence-corrected chi connectivity index (χ1v) is 6.16. The van der Waals surface area contributed by atoms with Gasteiger partial charge in [0.25, 0.3) is 0 Å². The first-order valence-electron chi connectivity index (χ1n) is 5.62. The molecule has 0 atom stereocenters. The van der Waals surface area contributed by atoms with E-state index in [1.54, 1.807) is 12.4 Å². The molecule has 0 aromatic carbocycles. The Hall–Kier alpha value is -1.42. The number of nitrogens with zero attached hydrogens (tertiary/aromatic N) is 4. The summed E-state index contributed by atoms with van der Waals surface area (Å²) in [4.78, 5) is 15.1. The van der Waals surface area contributed by atoms with E-state index < -0.39 is 0 Å². The molecule has 0 amide bonds. The number of anilines is 1. The highest BCUT2D eigenvalue weighted by molar-refractivity contribution is 6.18. The van der Waals surface area contributed by atoms with Gasteiger partial charge in [0, 0.05) is 30.9 Å². The summed E-state index contributed by atoms with van der Waals surface area (Å²) in [5.74, 6) is 1.48. The molecule has 2 aromatic heterocycles. The van der Waals surface area contributed by atoms with Crippen LogP contribution in [0.15, 0.2) is 24.5 Å². The van der Waals surface area contributed by atoms with E-state index in [0.717, 1.165) is 17.9 Å². The van der Waals surface area contributed by atoms with Crippen molar-refractivity contribution in [2.75, 3.05) is 17.3 Å². The molecule has 2 rings (SSSR count). The molecule has 17 heavy (non-hydrogen) atoms. The van der Waals surface area contributed by atoms with E-state index in [1.807, 2.05) is 12.1 Å². The standard InChI is InChI=1S/C12H15ClN4/c1-9(2)17(8-5-13)11-4-3-10-12(16-11)15-7-6-14-10/h3-4,6-7,9H,5,8H2,1-2H3. The molecular formula is C12H15ClN4. The fourth-order valence-corrected chi connectivity index (χ4v) is 1.91. The highest BCUT2D eigenvalue weighted by Gasteiger charge is 2.12. The Morgan fingerprint density at radius 3 is 2.71 bits per heavy atom. The van der Waals surface area contributed by atoms with Crippen molar-refractivity contribution < 1.29 is 0 Å². The largest absolute Gasteiger partial charge is 0.353 e. The second-order valence-electron chi connectivity index (χ2n) is 4.04. The molecule has 90 valence electrons. The van der Waals surface area contributed by atoms with Crippen LogP contribution < -0.4 is 4.90 Å². The van der Waals surface area contributed by atoms with E-state index in [2.05, 4.69) is 33.7 Å². The highest BCUT2D eigenvalue weighted by Crippen LogP contribution is 2.17. The fraction of sp³-hybridized carbons (Fsp3) is 0.417. The lowest BCUT2D eigenvalue weighted by Gasteiger charge is -2.26. The Morgan fingerprint density at radius 1 is 1.24 bits per heavy atom. The molecule has 0 spiro atoms. The Balaban J connectivity index is 2.40. The monoisotopic (exact) mass is 250 g/mol. The number of aromatic nitrogens is 3. The zero-order valence-corrected chi connectivity index (χ0v) is 10.7. The van der Waals surface area contributed by atoms with Gasteiger partial charge in [-0.05, 0) is 26.0 Å². The van der Waals surface area contributed by atoms with Crippen molar-refractivity contribution in [1.82, 2.24) is 15.0 Å². The minimum absolute atomic E-state index is 0.357. The number of halogens is 1. The zero-order valence-electron chi connectivity index (χ0n) is 9.97. The number of hydrogen-bond donors (Lipinski definition) is 0. The summed E-state index contributed by atoms with van der Waals surface area (Å²) in [6.45, 7) is 5.02. The normalized spacial score (nSPS) is 11.1. The highest BCUT2D eigenvalue weighted by atomic mass is 35.5. The third-order valence-electron chi connectivity index (χ3n) is 2.56. The quantitative estimate of drug-likeness (QED) is 0.782. The summed E-state index contributed by atoms with van der Waals surface area (Å²) in [6.07, 6.45) is 3.32. The van der Waals surface area contributed by atoms with Crippen molar-refractivity contribution in [3.63, 3.8) is 0 Å². The maximum atomic E-state index is 5.81. The lowest BCUT2D eigenvalue weighted by molar-refractivity contribution is 0.696. The predicted octanol–water partition coefficient (Wildman–Crippen LogP) is 2.48. The number of fused-ring (bicyclic) bond motifs is 1. The summed E-state index contributed by atoms with van der Waals surface area (Å²) in [5, 5.41) is 0. The lowest BCUT2D eigenvalue weighted by atomic mass is 10.3. The van der Waals surface area contributed by atoms with Gasteiger partial charge in [-0.25, -0.2) is 9.97 Å². The van der Waals surface area contributed by atoms with Crippen LogP contribution in [0.1, 0.15) is 13.8 Å². The second kappa shape index (κ2) is 5.27. The van der Waals surface area contributed by atoms with Crippen molar-refractivity contribution in [3.8, 4) is 0 Å². The first-order chi connectivity index (χ1) is 8.22. The molecule has 5 heteroatoms. The van der Waals surface area contributed by atoms with Gasteiger partial charge in [0.2, 0.25) is 0 Å². The molecule has 0 radical (unpaired) electrons. The molecule has 0 unspecified atom stereocenters. The minimum Gasteiger partial charge on any atom is -0.353 e. The van der Waals surface area contributed by atoms with Crippen molar-refractivity contribution >= 4 is 28.6 Å². The fourth-order valence-electron chi connectivity index (χ4n) is 1.73. The molecule has 2 heterocycles. The molecule has 0 bridgehead atoms. The van der Waals surface area contributed by atoms with Crippen LogP contribution in [0.2, 0.25) is 0 Å². The van der Waals surface area contributed by atoms with Gasteiger partial charge in [-0.1, -0.05) is 0 Å². The van der Waals surface area contributed by atoms with Gasteiger partial charge in [0.1, 0.15) is 11.3 Å². The van der Waals surface area contributed by atoms with E-state index in [4.69, 9.17) is 11.6 Å². The van der Waals surface area contributed by atoms with Crippen LogP contribution in [0.4, 0.5) is 5.82 Å². The van der Waals surface area contributed by atoms with E-state index in [9.17, 15) is 0 Å². The number of hydrogen-bond acceptors (Lipinski definition) is 4. The van der Waals surface area contributed by atoms with Crippen molar-refractivity contribution in [2.45, 2.75) is 19.9 Å². The molecule has 2 aromatic rings. The van der Waals surface area contributed by atoms with Crippen LogP contribution >= 0.6 is 11.6 Å². The van der Waals surface area contributed by atoms with Crippen LogP contribution in [0.5, 0.6) is 0 Å². The molecule has 0 fully saturated rings. The molecular weight excluding hydrogens is 236 g/mol. The summed E-state index contributed by atoms with van der Waals surface area (Å²) in [7, 11) is 0. The molecule has 0 saturated carbocycles. The van der Waals surface area contributed by atoms with Crippen molar-refractivity contribution in [2.24, 2.45) is 0 Å². The van der Waals surface area contributed by atoms with Crippen molar-refractivity contribution in [3.05, 3.63) is 24.5 Å². The average Bonchev–Trinajstić information content (AvgIpc) is 2.35. The van der Waals surface area contributed by atoms with Gasteiger partial charge in [-0.15, -0.1) is 11.6 Å². The average molecular weight is 251 g/mol. The van der Waals surface area contributed by atoms with Crippen LogP contribution in [0.3, 0.4) is 0 Å². The number of pyridine rings is 1. The van der Waals surface area contributed by atoms with Crippen molar-refractivity contribution in [1.29, 1.82) is 0 Å². The van der Waals surface area contributed by atoms with E-state index in [-0.39, 0.29) is 0 Å². The van der Waals surface area contributed by atoms with Gasteiger partial charge in [0.05, 0.1) is 0 Å². The molecule has 4 nitrogen and oxygen atoms in total. The maximum absolute atomic E-state index is 5.81. The Labute approximate surface area is 106 Å². The smallest absolute Gasteiger partial charge is 0.180 e. The molecule has 0 N–H and O–H groups in total. The molecule has 0 aliphatic rings. The van der Waals surface area contributed by atoms with E-state index >= 15 is 0 Å². The van der Waals surface area contributed by atoms with E-state index in [0.29, 0.717) is 17.6 Å². The maximum Gasteiger partial charge on any atom is 0.180 e. The first kappa shape index (κ1) is 12.0. The number of rotatable bonds is 4. The summed E-state index contributed by atoms with van der Waals surface area (Å²) in [6, 6.07) is 4.26. The lowest BCUT2D eigenvalue weighted by Crippen LogP contribution is -2.33. The summed E-state index contributed by atoms with van der Waals surface area (Å²) < 4.78 is 0. The third kappa shape index (κ3) is 2.64. The van der Waals surface area contributed by atoms with Gasteiger partial charge in [-0.3, -0.25) is 4.98 Å². The Morgan fingerprint density at radius 2 is 2.00 bits per heavy atom. The summed E-state index contributed by atoms with van der Waals surface area (Å²) in [5.41, 5.74) is 1.48. The molecule has 0 aliphatic carbocycles.